The summed E-state index contributed by atoms with van der Waals surface area (Å²) in [7, 11) is 0. The largest absolute Gasteiger partial charge is 0.360 e. The molecule has 0 amide bonds. The number of allylic oxidation sites excluding steroid dienone is 6. The van der Waals surface area contributed by atoms with E-state index >= 15 is 0 Å². The minimum atomic E-state index is 0.956. The smallest absolute Gasteiger partial charge is 0.140 e. The van der Waals surface area contributed by atoms with Gasteiger partial charge in [-0.25, -0.2) is 0 Å². The topological polar surface area (TPSA) is 26.0 Å². The van der Waals surface area contributed by atoms with Gasteiger partial charge in [-0.1, -0.05) is 48.9 Å². The molecule has 0 aliphatic heterocycles. The Hall–Kier alpha value is -1.57. The van der Waals surface area contributed by atoms with Crippen molar-refractivity contribution < 1.29 is 4.52 Å². The summed E-state index contributed by atoms with van der Waals surface area (Å²) in [4.78, 5) is 0. The molecule has 0 fully saturated rings. The Kier molecular flexibility index (Phi) is 6.20. The van der Waals surface area contributed by atoms with Gasteiger partial charge in [-0.15, -0.1) is 0 Å². The molecule has 0 bridgehead atoms. The lowest BCUT2D eigenvalue weighted by Gasteiger charge is -1.98. The second kappa shape index (κ2) is 7.70. The van der Waals surface area contributed by atoms with Crippen LogP contribution in [0.3, 0.4) is 0 Å². The van der Waals surface area contributed by atoms with Gasteiger partial charge >= 0.3 is 0 Å². The quantitative estimate of drug-likeness (QED) is 0.669. The van der Waals surface area contributed by atoms with E-state index in [1.807, 2.05) is 32.1 Å². The molecule has 1 aromatic rings. The first-order valence-corrected chi connectivity index (χ1v) is 6.65. The number of hydrogen-bond acceptors (Lipinski definition) is 2. The molecule has 2 heteroatoms. The fourth-order valence-electron chi connectivity index (χ4n) is 1.80. The van der Waals surface area contributed by atoms with Crippen LogP contribution in [0.25, 0.3) is 5.57 Å². The molecular weight excluding hydrogens is 222 g/mol. The van der Waals surface area contributed by atoms with Gasteiger partial charge in [0.2, 0.25) is 0 Å². The number of nitrogens with zero attached hydrogens (tertiary/aromatic N) is 1. The first-order valence-electron chi connectivity index (χ1n) is 6.65. The molecule has 0 radical (unpaired) electrons. The maximum atomic E-state index is 5.46. The summed E-state index contributed by atoms with van der Waals surface area (Å²) in [5, 5.41) is 4.21. The first kappa shape index (κ1) is 14.5. The summed E-state index contributed by atoms with van der Waals surface area (Å²) in [6.07, 6.45) is 13.5. The molecule has 98 valence electrons. The maximum absolute atomic E-state index is 5.46. The molecule has 1 heterocycles. The van der Waals surface area contributed by atoms with Crippen LogP contribution in [0.15, 0.2) is 34.9 Å². The molecule has 1 aromatic heterocycles. The third-order valence-corrected chi connectivity index (χ3v) is 2.87. The van der Waals surface area contributed by atoms with Crippen LogP contribution in [0, 0.1) is 6.92 Å². The van der Waals surface area contributed by atoms with Crippen molar-refractivity contribution >= 4 is 5.57 Å². The van der Waals surface area contributed by atoms with Gasteiger partial charge in [0.05, 0.1) is 0 Å². The lowest BCUT2D eigenvalue weighted by Crippen LogP contribution is -1.88. The Morgan fingerprint density at radius 3 is 2.67 bits per heavy atom. The lowest BCUT2D eigenvalue weighted by atomic mass is 10.0. The molecule has 0 spiro atoms. The monoisotopic (exact) mass is 245 g/mol. The van der Waals surface area contributed by atoms with Crippen molar-refractivity contribution in [1.29, 1.82) is 0 Å². The maximum Gasteiger partial charge on any atom is 0.140 e. The van der Waals surface area contributed by atoms with Crippen LogP contribution in [0.4, 0.5) is 0 Å². The van der Waals surface area contributed by atoms with Gasteiger partial charge in [0.15, 0.2) is 0 Å². The molecule has 0 aromatic carbocycles. The zero-order chi connectivity index (χ0) is 13.4. The second-order valence-corrected chi connectivity index (χ2v) is 4.33. The fourth-order valence-corrected chi connectivity index (χ4v) is 1.80. The average molecular weight is 245 g/mol. The van der Waals surface area contributed by atoms with E-state index in [0.29, 0.717) is 0 Å². The van der Waals surface area contributed by atoms with Crippen LogP contribution < -0.4 is 0 Å². The molecule has 0 saturated carbocycles. The van der Waals surface area contributed by atoms with Gasteiger partial charge in [-0.2, -0.15) is 0 Å². The third kappa shape index (κ3) is 3.73. The molecule has 0 unspecified atom stereocenters. The van der Waals surface area contributed by atoms with E-state index in [1.165, 1.54) is 6.42 Å². The van der Waals surface area contributed by atoms with Gasteiger partial charge in [0.1, 0.15) is 11.5 Å². The van der Waals surface area contributed by atoms with Gasteiger partial charge in [0.25, 0.3) is 0 Å². The Morgan fingerprint density at radius 2 is 2.06 bits per heavy atom. The predicted molar refractivity (Wildman–Crippen MR) is 77.5 cm³/mol. The van der Waals surface area contributed by atoms with E-state index in [4.69, 9.17) is 4.52 Å². The molecule has 0 aliphatic rings. The van der Waals surface area contributed by atoms with E-state index in [9.17, 15) is 0 Å². The van der Waals surface area contributed by atoms with Crippen molar-refractivity contribution in [3.05, 3.63) is 47.4 Å². The van der Waals surface area contributed by atoms with Gasteiger partial charge in [-0.3, -0.25) is 0 Å². The van der Waals surface area contributed by atoms with E-state index in [1.54, 1.807) is 0 Å². The van der Waals surface area contributed by atoms with Crippen molar-refractivity contribution in [1.82, 2.24) is 5.16 Å². The van der Waals surface area contributed by atoms with E-state index < -0.39 is 0 Å². The highest BCUT2D eigenvalue weighted by molar-refractivity contribution is 5.74. The number of aryl methyl sites for hydroxylation is 1. The molecule has 0 atom stereocenters. The Morgan fingerprint density at radius 1 is 1.28 bits per heavy atom. The van der Waals surface area contributed by atoms with Crippen molar-refractivity contribution in [2.75, 3.05) is 0 Å². The summed E-state index contributed by atoms with van der Waals surface area (Å²) in [5.74, 6) is 1.02. The first-order chi connectivity index (χ1) is 8.74. The highest BCUT2D eigenvalue weighted by Gasteiger charge is 2.13. The summed E-state index contributed by atoms with van der Waals surface area (Å²) in [6, 6.07) is 0. The van der Waals surface area contributed by atoms with E-state index in [-0.39, 0.29) is 0 Å². The minimum Gasteiger partial charge on any atom is -0.360 e. The predicted octanol–water partition coefficient (Wildman–Crippen LogP) is 4.86. The van der Waals surface area contributed by atoms with Crippen molar-refractivity contribution in [3.63, 3.8) is 0 Å². The summed E-state index contributed by atoms with van der Waals surface area (Å²) >= 11 is 0. The van der Waals surface area contributed by atoms with Crippen LogP contribution in [0.2, 0.25) is 0 Å². The Labute approximate surface area is 110 Å². The molecule has 18 heavy (non-hydrogen) atoms. The molecule has 2 nitrogen and oxygen atoms in total. The highest BCUT2D eigenvalue weighted by Crippen LogP contribution is 2.23. The molecule has 0 N–H and O–H groups in total. The Bertz CT molecular complexity index is 450. The van der Waals surface area contributed by atoms with E-state index in [2.05, 4.69) is 31.2 Å². The number of rotatable bonds is 6. The SMILES string of the molecule is CC=CC=C(C=CC)c1noc(CCCC)c1C. The summed E-state index contributed by atoms with van der Waals surface area (Å²) in [6.45, 7) is 8.29. The normalized spacial score (nSPS) is 13.0. The van der Waals surface area contributed by atoms with Crippen LogP contribution >= 0.6 is 0 Å². The van der Waals surface area contributed by atoms with Crippen molar-refractivity contribution in [3.8, 4) is 0 Å². The van der Waals surface area contributed by atoms with Crippen molar-refractivity contribution in [2.45, 2.75) is 47.0 Å². The summed E-state index contributed by atoms with van der Waals surface area (Å²) < 4.78 is 5.46. The lowest BCUT2D eigenvalue weighted by molar-refractivity contribution is 0.378. The zero-order valence-corrected chi connectivity index (χ0v) is 11.9. The second-order valence-electron chi connectivity index (χ2n) is 4.33. The average Bonchev–Trinajstić information content (AvgIpc) is 2.73. The number of hydrogen-bond donors (Lipinski definition) is 0. The minimum absolute atomic E-state index is 0.956. The molecule has 1 rings (SSSR count). The molecular formula is C16H23NO. The van der Waals surface area contributed by atoms with Crippen LogP contribution in [0.1, 0.15) is 50.6 Å². The van der Waals surface area contributed by atoms with Crippen LogP contribution in [-0.2, 0) is 6.42 Å². The van der Waals surface area contributed by atoms with Gasteiger partial charge in [0, 0.05) is 17.6 Å². The molecule has 0 aliphatic carbocycles. The zero-order valence-electron chi connectivity index (χ0n) is 11.9. The van der Waals surface area contributed by atoms with Crippen LogP contribution in [0.5, 0.6) is 0 Å². The molecule has 0 saturated heterocycles. The number of unbranched alkanes of at least 4 members (excludes halogenated alkanes) is 1. The van der Waals surface area contributed by atoms with Gasteiger partial charge in [-0.05, 0) is 27.2 Å². The van der Waals surface area contributed by atoms with Crippen LogP contribution in [-0.4, -0.2) is 5.16 Å². The highest BCUT2D eigenvalue weighted by atomic mass is 16.5. The summed E-state index contributed by atoms with van der Waals surface area (Å²) in [5.41, 5.74) is 3.22. The standard InChI is InChI=1S/C16H23NO/c1-5-8-11-14(10-7-3)16-13(4)15(18-17-16)12-9-6-2/h5,7-8,10-11H,6,9,12H2,1-4H3. The van der Waals surface area contributed by atoms with Crippen molar-refractivity contribution in [2.24, 2.45) is 0 Å². The fraction of sp³-hybridized carbons (Fsp3) is 0.438. The van der Waals surface area contributed by atoms with E-state index in [0.717, 1.165) is 35.4 Å². The Balaban J connectivity index is 3.03. The number of aromatic nitrogens is 1. The third-order valence-electron chi connectivity index (χ3n) is 2.87. The van der Waals surface area contributed by atoms with Gasteiger partial charge < -0.3 is 4.52 Å².